The second-order valence-corrected chi connectivity index (χ2v) is 6.77. The lowest BCUT2D eigenvalue weighted by molar-refractivity contribution is 0.389. The average Bonchev–Trinajstić information content (AvgIpc) is 2.13. The Balaban J connectivity index is 4.33. The van der Waals surface area contributed by atoms with Crippen LogP contribution >= 0.6 is 0 Å². The monoisotopic (exact) mass is 245 g/mol. The summed E-state index contributed by atoms with van der Waals surface area (Å²) in [5, 5.41) is 0. The summed E-state index contributed by atoms with van der Waals surface area (Å²) in [4.78, 5) is 0. The molecule has 1 atom stereocenters. The minimum absolute atomic E-state index is 0.335. The van der Waals surface area contributed by atoms with Gasteiger partial charge in [-0.1, -0.05) is 5.57 Å². The number of methoxy groups -OCH3 is 1. The van der Waals surface area contributed by atoms with Crippen LogP contribution in [0.1, 0.15) is 47.0 Å². The van der Waals surface area contributed by atoms with Crippen molar-refractivity contribution in [2.24, 2.45) is 4.40 Å². The van der Waals surface area contributed by atoms with Crippen molar-refractivity contribution in [1.29, 1.82) is 0 Å². The summed E-state index contributed by atoms with van der Waals surface area (Å²) in [5.74, 6) is 0.564. The summed E-state index contributed by atoms with van der Waals surface area (Å²) >= 11 is 0. The molecule has 16 heavy (non-hydrogen) atoms. The highest BCUT2D eigenvalue weighted by Gasteiger charge is 2.19. The van der Waals surface area contributed by atoms with Crippen molar-refractivity contribution in [3.8, 4) is 0 Å². The Hall–Kier alpha value is -0.640. The van der Waals surface area contributed by atoms with Crippen molar-refractivity contribution in [3.63, 3.8) is 0 Å². The fourth-order valence-electron chi connectivity index (χ4n) is 0.956. The Bertz CT molecular complexity index is 290. The largest absolute Gasteiger partial charge is 0.484 e. The zero-order chi connectivity index (χ0) is 12.8. The van der Waals surface area contributed by atoms with Gasteiger partial charge in [-0.15, -0.1) is 6.58 Å². The third-order valence-electron chi connectivity index (χ3n) is 1.94. The molecule has 0 radical (unpaired) electrons. The second-order valence-electron chi connectivity index (χ2n) is 4.86. The molecule has 0 aromatic carbocycles. The molecule has 0 spiro atoms. The molecule has 0 amide bonds. The highest BCUT2D eigenvalue weighted by atomic mass is 32.2. The van der Waals surface area contributed by atoms with Gasteiger partial charge in [-0.2, -0.15) is 4.40 Å². The summed E-state index contributed by atoms with van der Waals surface area (Å²) < 4.78 is 20.6. The Morgan fingerprint density at radius 2 is 1.94 bits per heavy atom. The highest BCUT2D eigenvalue weighted by Crippen LogP contribution is 2.14. The van der Waals surface area contributed by atoms with Crippen LogP contribution in [0.15, 0.2) is 16.5 Å². The van der Waals surface area contributed by atoms with Gasteiger partial charge in [0, 0.05) is 6.42 Å². The first-order valence-electron chi connectivity index (χ1n) is 5.45. The highest BCUT2D eigenvalue weighted by molar-refractivity contribution is 7.85. The van der Waals surface area contributed by atoms with Gasteiger partial charge in [0.2, 0.25) is 0 Å². The van der Waals surface area contributed by atoms with Crippen molar-refractivity contribution in [2.45, 2.75) is 51.7 Å². The Morgan fingerprint density at radius 1 is 1.38 bits per heavy atom. The van der Waals surface area contributed by atoms with Gasteiger partial charge < -0.3 is 4.74 Å². The number of nitrogens with zero attached hydrogens (tertiary/aromatic N) is 1. The van der Waals surface area contributed by atoms with E-state index in [-0.39, 0.29) is 4.75 Å². The van der Waals surface area contributed by atoms with E-state index < -0.39 is 11.0 Å². The molecule has 0 aliphatic heterocycles. The van der Waals surface area contributed by atoms with Crippen LogP contribution in [-0.4, -0.2) is 22.0 Å². The summed E-state index contributed by atoms with van der Waals surface area (Å²) in [6.45, 7) is 11.5. The van der Waals surface area contributed by atoms with Crippen LogP contribution in [0.2, 0.25) is 0 Å². The lowest BCUT2D eigenvalue weighted by Crippen LogP contribution is -2.21. The van der Waals surface area contributed by atoms with Gasteiger partial charge in [0.25, 0.3) is 0 Å². The van der Waals surface area contributed by atoms with E-state index in [4.69, 9.17) is 4.74 Å². The molecule has 0 aliphatic carbocycles. The van der Waals surface area contributed by atoms with E-state index in [2.05, 4.69) is 11.0 Å². The van der Waals surface area contributed by atoms with E-state index in [1.54, 1.807) is 7.11 Å². The standard InChI is InChI=1S/C12H23NO2S/c1-10(2)8-7-9-11(15-6)13-16(14)12(3,4)5/h1,7-9H2,2-6H3/b13-11-/t16-/m1/s1. The molecule has 3 nitrogen and oxygen atoms in total. The molecule has 0 bridgehead atoms. The maximum atomic E-state index is 11.8. The Morgan fingerprint density at radius 3 is 2.31 bits per heavy atom. The lowest BCUT2D eigenvalue weighted by Gasteiger charge is -2.14. The number of hydrogen-bond donors (Lipinski definition) is 0. The number of allylic oxidation sites excluding steroid dienone is 1. The average molecular weight is 245 g/mol. The molecule has 0 N–H and O–H groups in total. The van der Waals surface area contributed by atoms with Crippen molar-refractivity contribution in [1.82, 2.24) is 0 Å². The Kier molecular flexibility index (Phi) is 6.56. The van der Waals surface area contributed by atoms with Crippen molar-refractivity contribution < 1.29 is 8.95 Å². The van der Waals surface area contributed by atoms with Crippen LogP contribution in [0.25, 0.3) is 0 Å². The van der Waals surface area contributed by atoms with Gasteiger partial charge in [0.15, 0.2) is 5.90 Å². The maximum Gasteiger partial charge on any atom is 0.197 e. The van der Waals surface area contributed by atoms with E-state index in [9.17, 15) is 4.21 Å². The summed E-state index contributed by atoms with van der Waals surface area (Å²) in [6.07, 6.45) is 2.60. The molecule has 0 aromatic rings. The van der Waals surface area contributed by atoms with Crippen LogP contribution in [0.3, 0.4) is 0 Å². The van der Waals surface area contributed by atoms with Crippen LogP contribution in [0.5, 0.6) is 0 Å². The van der Waals surface area contributed by atoms with Gasteiger partial charge in [-0.25, -0.2) is 4.21 Å². The van der Waals surface area contributed by atoms with Crippen molar-refractivity contribution in [3.05, 3.63) is 12.2 Å². The van der Waals surface area contributed by atoms with Crippen molar-refractivity contribution >= 4 is 16.9 Å². The number of rotatable bonds is 5. The molecule has 0 heterocycles. The normalized spacial score (nSPS) is 14.7. The zero-order valence-corrected chi connectivity index (χ0v) is 11.8. The molecule has 0 saturated heterocycles. The van der Waals surface area contributed by atoms with E-state index in [1.807, 2.05) is 27.7 Å². The minimum atomic E-state index is -1.24. The Labute approximate surface area is 102 Å². The molecule has 0 aromatic heterocycles. The van der Waals surface area contributed by atoms with Crippen LogP contribution < -0.4 is 0 Å². The van der Waals surface area contributed by atoms with Gasteiger partial charge in [0.05, 0.1) is 11.9 Å². The van der Waals surface area contributed by atoms with E-state index >= 15 is 0 Å². The zero-order valence-electron chi connectivity index (χ0n) is 11.0. The van der Waals surface area contributed by atoms with E-state index in [0.29, 0.717) is 12.3 Å². The molecular formula is C12H23NO2S. The third kappa shape index (κ3) is 6.77. The summed E-state index contributed by atoms with van der Waals surface area (Å²) in [5.41, 5.74) is 1.15. The summed E-state index contributed by atoms with van der Waals surface area (Å²) in [7, 11) is 0.328. The quantitative estimate of drug-likeness (QED) is 0.424. The molecule has 0 saturated carbocycles. The van der Waals surface area contributed by atoms with Gasteiger partial charge in [-0.3, -0.25) is 0 Å². The molecule has 4 heteroatoms. The first-order chi connectivity index (χ1) is 7.27. The van der Waals surface area contributed by atoms with Gasteiger partial charge >= 0.3 is 0 Å². The second kappa shape index (κ2) is 6.84. The summed E-state index contributed by atoms with van der Waals surface area (Å²) in [6, 6.07) is 0. The van der Waals surface area contributed by atoms with Crippen LogP contribution in [-0.2, 0) is 15.7 Å². The molecule has 0 rings (SSSR count). The topological polar surface area (TPSA) is 38.7 Å². The minimum Gasteiger partial charge on any atom is -0.484 e. The predicted octanol–water partition coefficient (Wildman–Crippen LogP) is 3.24. The van der Waals surface area contributed by atoms with Gasteiger partial charge in [0.1, 0.15) is 11.0 Å². The first-order valence-corrected chi connectivity index (χ1v) is 6.56. The lowest BCUT2D eigenvalue weighted by atomic mass is 10.1. The predicted molar refractivity (Wildman–Crippen MR) is 71.0 cm³/mol. The molecular weight excluding hydrogens is 222 g/mol. The first kappa shape index (κ1) is 15.4. The van der Waals surface area contributed by atoms with E-state index in [0.717, 1.165) is 18.4 Å². The van der Waals surface area contributed by atoms with Gasteiger partial charge in [-0.05, 0) is 40.5 Å². The molecule has 94 valence electrons. The third-order valence-corrected chi connectivity index (χ3v) is 3.36. The fourth-order valence-corrected chi connectivity index (χ4v) is 1.58. The number of hydrogen-bond acceptors (Lipinski definition) is 2. The molecule has 0 fully saturated rings. The van der Waals surface area contributed by atoms with Crippen molar-refractivity contribution in [2.75, 3.05) is 7.11 Å². The van der Waals surface area contributed by atoms with Crippen LogP contribution in [0.4, 0.5) is 0 Å². The fraction of sp³-hybridized carbons (Fsp3) is 0.750. The SMILES string of the molecule is C=C(C)CCC/C(=N/[S@](=O)C(C)(C)C)OC. The molecule has 0 aliphatic rings. The smallest absolute Gasteiger partial charge is 0.197 e. The number of ether oxygens (including phenoxy) is 1. The molecule has 0 unspecified atom stereocenters. The van der Waals surface area contributed by atoms with Crippen LogP contribution in [0, 0.1) is 0 Å². The van der Waals surface area contributed by atoms with E-state index in [1.165, 1.54) is 0 Å². The maximum absolute atomic E-state index is 11.8.